The minimum atomic E-state index is 0.335. The van der Waals surface area contributed by atoms with Gasteiger partial charge < -0.3 is 10.0 Å². The van der Waals surface area contributed by atoms with Crippen LogP contribution in [0.3, 0.4) is 0 Å². The van der Waals surface area contributed by atoms with Gasteiger partial charge in [0.05, 0.1) is 5.69 Å². The maximum atomic E-state index is 10.6. The van der Waals surface area contributed by atoms with Gasteiger partial charge in [0.25, 0.3) is 0 Å². The van der Waals surface area contributed by atoms with E-state index in [1.54, 1.807) is 6.07 Å². The zero-order valence-electron chi connectivity index (χ0n) is 12.8. The highest BCUT2D eigenvalue weighted by atomic mass is 79.9. The van der Waals surface area contributed by atoms with Gasteiger partial charge in [-0.1, -0.05) is 42.5 Å². The van der Waals surface area contributed by atoms with Gasteiger partial charge in [0, 0.05) is 28.7 Å². The number of aromatic hydroxyl groups is 1. The first-order chi connectivity index (χ1) is 11.3. The number of para-hydroxylation sites is 1. The second kappa shape index (κ2) is 5.89. The Hall–Kier alpha value is -2.00. The normalized spacial score (nSPS) is 14.6. The first-order valence-corrected chi connectivity index (χ1v) is 8.79. The summed E-state index contributed by atoms with van der Waals surface area (Å²) in [5.74, 6) is 0.335. The maximum absolute atomic E-state index is 10.6. The molecule has 1 aliphatic heterocycles. The number of benzene rings is 3. The molecule has 0 aromatic heterocycles. The summed E-state index contributed by atoms with van der Waals surface area (Å²) in [5.41, 5.74) is 3.21. The van der Waals surface area contributed by atoms with Crippen LogP contribution in [-0.2, 0) is 0 Å². The van der Waals surface area contributed by atoms with Gasteiger partial charge >= 0.3 is 0 Å². The Morgan fingerprint density at radius 1 is 0.870 bits per heavy atom. The minimum absolute atomic E-state index is 0.335. The number of fused-ring (bicyclic) bond motifs is 1. The molecular formula is C20H18BrNO. The largest absolute Gasteiger partial charge is 0.507 e. The highest BCUT2D eigenvalue weighted by Gasteiger charge is 2.21. The third-order valence-electron chi connectivity index (χ3n) is 4.59. The Morgan fingerprint density at radius 3 is 2.48 bits per heavy atom. The van der Waals surface area contributed by atoms with E-state index in [0.717, 1.165) is 39.5 Å². The van der Waals surface area contributed by atoms with E-state index in [2.05, 4.69) is 45.1 Å². The standard InChI is InChI=1S/C20H18BrNO/c21-17-9-5-8-16(20(17)22-12-3-4-13-22)19-15-7-2-1-6-14(15)10-11-18(19)23/h1-2,5-11,23H,3-4,12-13H2. The summed E-state index contributed by atoms with van der Waals surface area (Å²) in [6.07, 6.45) is 2.45. The summed E-state index contributed by atoms with van der Waals surface area (Å²) in [6, 6.07) is 18.2. The van der Waals surface area contributed by atoms with Gasteiger partial charge in [0.15, 0.2) is 0 Å². The molecule has 3 aromatic rings. The Bertz CT molecular complexity index is 869. The van der Waals surface area contributed by atoms with Crippen LogP contribution < -0.4 is 4.90 Å². The zero-order chi connectivity index (χ0) is 15.8. The number of hydrogen-bond acceptors (Lipinski definition) is 2. The van der Waals surface area contributed by atoms with Crippen molar-refractivity contribution in [2.24, 2.45) is 0 Å². The van der Waals surface area contributed by atoms with Gasteiger partial charge in [-0.3, -0.25) is 0 Å². The van der Waals surface area contributed by atoms with E-state index in [4.69, 9.17) is 0 Å². The summed E-state index contributed by atoms with van der Waals surface area (Å²) >= 11 is 3.72. The number of rotatable bonds is 2. The van der Waals surface area contributed by atoms with Crippen LogP contribution in [0.15, 0.2) is 59.1 Å². The Labute approximate surface area is 144 Å². The molecule has 0 unspecified atom stereocenters. The van der Waals surface area contributed by atoms with Gasteiger partial charge in [-0.2, -0.15) is 0 Å². The molecule has 0 saturated carbocycles. The average Bonchev–Trinajstić information content (AvgIpc) is 3.08. The number of hydrogen-bond donors (Lipinski definition) is 1. The SMILES string of the molecule is Oc1ccc2ccccc2c1-c1cccc(Br)c1N1CCCC1. The van der Waals surface area contributed by atoms with E-state index >= 15 is 0 Å². The lowest BCUT2D eigenvalue weighted by molar-refractivity contribution is 0.478. The number of halogens is 1. The molecule has 0 amide bonds. The van der Waals surface area contributed by atoms with Crippen molar-refractivity contribution < 1.29 is 5.11 Å². The second-order valence-electron chi connectivity index (χ2n) is 6.01. The zero-order valence-corrected chi connectivity index (χ0v) is 14.4. The van der Waals surface area contributed by atoms with Crippen LogP contribution in [-0.4, -0.2) is 18.2 Å². The van der Waals surface area contributed by atoms with Crippen LogP contribution in [0.25, 0.3) is 21.9 Å². The van der Waals surface area contributed by atoms with Gasteiger partial charge in [0.1, 0.15) is 5.75 Å². The highest BCUT2D eigenvalue weighted by Crippen LogP contribution is 2.44. The third kappa shape index (κ3) is 2.49. The molecule has 0 bridgehead atoms. The Balaban J connectivity index is 2.02. The Kier molecular flexibility index (Phi) is 3.74. The lowest BCUT2D eigenvalue weighted by atomic mass is 9.95. The van der Waals surface area contributed by atoms with E-state index in [1.165, 1.54) is 18.5 Å². The molecule has 0 radical (unpaired) electrons. The van der Waals surface area contributed by atoms with Crippen molar-refractivity contribution in [1.82, 2.24) is 0 Å². The summed E-state index contributed by atoms with van der Waals surface area (Å²) < 4.78 is 1.09. The predicted molar refractivity (Wildman–Crippen MR) is 100 cm³/mol. The van der Waals surface area contributed by atoms with Crippen molar-refractivity contribution in [2.45, 2.75) is 12.8 Å². The lowest BCUT2D eigenvalue weighted by Gasteiger charge is -2.24. The second-order valence-corrected chi connectivity index (χ2v) is 6.87. The number of anilines is 1. The highest BCUT2D eigenvalue weighted by molar-refractivity contribution is 9.10. The van der Waals surface area contributed by atoms with Crippen LogP contribution in [0.2, 0.25) is 0 Å². The number of phenols is 1. The van der Waals surface area contributed by atoms with E-state index in [-0.39, 0.29) is 0 Å². The molecule has 2 nitrogen and oxygen atoms in total. The molecular weight excluding hydrogens is 350 g/mol. The van der Waals surface area contributed by atoms with E-state index in [0.29, 0.717) is 5.75 Å². The molecule has 116 valence electrons. The molecule has 0 aliphatic carbocycles. The fourth-order valence-corrected chi connectivity index (χ4v) is 4.14. The molecule has 1 saturated heterocycles. The molecule has 0 atom stereocenters. The third-order valence-corrected chi connectivity index (χ3v) is 5.23. The van der Waals surface area contributed by atoms with Crippen LogP contribution in [0.5, 0.6) is 5.75 Å². The fraction of sp³-hybridized carbons (Fsp3) is 0.200. The van der Waals surface area contributed by atoms with Crippen LogP contribution in [0.1, 0.15) is 12.8 Å². The van der Waals surface area contributed by atoms with Crippen molar-refractivity contribution >= 4 is 32.4 Å². The first-order valence-electron chi connectivity index (χ1n) is 8.00. The fourth-order valence-electron chi connectivity index (χ4n) is 3.52. The van der Waals surface area contributed by atoms with E-state index in [1.807, 2.05) is 24.3 Å². The first kappa shape index (κ1) is 14.6. The topological polar surface area (TPSA) is 23.5 Å². The molecule has 3 heteroatoms. The van der Waals surface area contributed by atoms with Crippen LogP contribution in [0, 0.1) is 0 Å². The summed E-state index contributed by atoms with van der Waals surface area (Å²) in [5, 5.41) is 12.8. The molecule has 4 rings (SSSR count). The molecule has 1 fully saturated rings. The predicted octanol–water partition coefficient (Wildman–Crippen LogP) is 5.58. The van der Waals surface area contributed by atoms with Crippen molar-refractivity contribution in [3.8, 4) is 16.9 Å². The summed E-state index contributed by atoms with van der Waals surface area (Å²) in [4.78, 5) is 2.42. The number of phenolic OH excluding ortho intramolecular Hbond substituents is 1. The maximum Gasteiger partial charge on any atom is 0.124 e. The smallest absolute Gasteiger partial charge is 0.124 e. The quantitative estimate of drug-likeness (QED) is 0.639. The van der Waals surface area contributed by atoms with Crippen LogP contribution >= 0.6 is 15.9 Å². The van der Waals surface area contributed by atoms with Crippen molar-refractivity contribution in [1.29, 1.82) is 0 Å². The summed E-state index contributed by atoms with van der Waals surface area (Å²) in [6.45, 7) is 2.14. The lowest BCUT2D eigenvalue weighted by Crippen LogP contribution is -2.19. The molecule has 3 aromatic carbocycles. The van der Waals surface area contributed by atoms with Gasteiger partial charge in [0.2, 0.25) is 0 Å². The van der Waals surface area contributed by atoms with Gasteiger partial charge in [-0.25, -0.2) is 0 Å². The Morgan fingerprint density at radius 2 is 1.65 bits per heavy atom. The minimum Gasteiger partial charge on any atom is -0.507 e. The molecule has 1 N–H and O–H groups in total. The molecule has 0 spiro atoms. The van der Waals surface area contributed by atoms with Gasteiger partial charge in [-0.15, -0.1) is 0 Å². The average molecular weight is 368 g/mol. The summed E-state index contributed by atoms with van der Waals surface area (Å²) in [7, 11) is 0. The molecule has 23 heavy (non-hydrogen) atoms. The van der Waals surface area contributed by atoms with E-state index in [9.17, 15) is 5.11 Å². The van der Waals surface area contributed by atoms with Crippen molar-refractivity contribution in [3.05, 3.63) is 59.1 Å². The van der Waals surface area contributed by atoms with Crippen molar-refractivity contribution in [3.63, 3.8) is 0 Å². The molecule has 1 aliphatic rings. The number of nitrogens with zero attached hydrogens (tertiary/aromatic N) is 1. The van der Waals surface area contributed by atoms with E-state index < -0.39 is 0 Å². The molecule has 1 heterocycles. The van der Waals surface area contributed by atoms with Crippen molar-refractivity contribution in [2.75, 3.05) is 18.0 Å². The monoisotopic (exact) mass is 367 g/mol. The van der Waals surface area contributed by atoms with Gasteiger partial charge in [-0.05, 0) is 51.7 Å². The van der Waals surface area contributed by atoms with Crippen LogP contribution in [0.4, 0.5) is 5.69 Å².